The fourth-order valence-electron chi connectivity index (χ4n) is 3.65. The number of thiophene rings is 1. The van der Waals surface area contributed by atoms with Gasteiger partial charge in [-0.2, -0.15) is 0 Å². The van der Waals surface area contributed by atoms with Crippen molar-refractivity contribution in [1.29, 1.82) is 0 Å². The van der Waals surface area contributed by atoms with Crippen molar-refractivity contribution in [3.05, 3.63) is 57.5 Å². The van der Waals surface area contributed by atoms with Gasteiger partial charge in [0.15, 0.2) is 0 Å². The Balaban J connectivity index is 1.44. The minimum absolute atomic E-state index is 0.00554. The molecule has 1 aliphatic rings. The van der Waals surface area contributed by atoms with Crippen LogP contribution in [0.2, 0.25) is 0 Å². The number of rotatable bonds is 4. The highest BCUT2D eigenvalue weighted by Crippen LogP contribution is 2.33. The summed E-state index contributed by atoms with van der Waals surface area (Å²) < 4.78 is 2.31. The maximum atomic E-state index is 12.7. The van der Waals surface area contributed by atoms with Crippen molar-refractivity contribution in [2.24, 2.45) is 5.92 Å². The molecule has 0 spiro atoms. The number of hydrogen-bond donors (Lipinski definition) is 1. The molecule has 1 aliphatic heterocycles. The number of carbonyl (C=O) groups is 1. The number of aromatic nitrogens is 1. The minimum Gasteiger partial charge on any atom is -0.355 e. The van der Waals surface area contributed by atoms with E-state index in [9.17, 15) is 4.79 Å². The van der Waals surface area contributed by atoms with Crippen molar-refractivity contribution in [1.82, 2.24) is 10.3 Å². The van der Waals surface area contributed by atoms with Crippen molar-refractivity contribution in [3.8, 4) is 0 Å². The third kappa shape index (κ3) is 4.17. The van der Waals surface area contributed by atoms with Gasteiger partial charge in [-0.15, -0.1) is 11.3 Å². The highest BCUT2D eigenvalue weighted by molar-refractivity contribution is 9.10. The van der Waals surface area contributed by atoms with Gasteiger partial charge in [0.2, 0.25) is 5.91 Å². The lowest BCUT2D eigenvalue weighted by atomic mass is 9.96. The van der Waals surface area contributed by atoms with Gasteiger partial charge in [-0.05, 0) is 49.6 Å². The monoisotopic (exact) mass is 443 g/mol. The van der Waals surface area contributed by atoms with Gasteiger partial charge in [0.05, 0.1) is 5.92 Å². The second-order valence-electron chi connectivity index (χ2n) is 7.03. The number of amides is 1. The predicted octanol–water partition coefficient (Wildman–Crippen LogP) is 4.90. The number of piperidine rings is 1. The number of benzene rings is 1. The summed E-state index contributed by atoms with van der Waals surface area (Å²) in [6, 6.07) is 12.3. The molecule has 4 rings (SSSR count). The molecule has 6 heteroatoms. The van der Waals surface area contributed by atoms with Crippen LogP contribution in [0.15, 0.2) is 47.1 Å². The summed E-state index contributed by atoms with van der Waals surface area (Å²) in [4.78, 5) is 20.9. The number of aryl methyl sites for hydroxylation is 1. The molecule has 0 bridgehead atoms. The first-order valence-corrected chi connectivity index (χ1v) is 10.8. The zero-order valence-electron chi connectivity index (χ0n) is 15.2. The predicted molar refractivity (Wildman–Crippen MR) is 115 cm³/mol. The second kappa shape index (κ2) is 7.98. The van der Waals surface area contributed by atoms with E-state index in [2.05, 4.69) is 50.2 Å². The van der Waals surface area contributed by atoms with Gasteiger partial charge in [0.1, 0.15) is 5.82 Å². The van der Waals surface area contributed by atoms with E-state index in [0.717, 1.165) is 41.8 Å². The van der Waals surface area contributed by atoms with E-state index in [0.29, 0.717) is 6.54 Å². The van der Waals surface area contributed by atoms with Crippen molar-refractivity contribution in [2.75, 3.05) is 18.0 Å². The summed E-state index contributed by atoms with van der Waals surface area (Å²) in [5.41, 5.74) is 1.11. The molecule has 0 radical (unpaired) electrons. The van der Waals surface area contributed by atoms with Crippen LogP contribution in [0.4, 0.5) is 5.82 Å². The third-order valence-corrected chi connectivity index (χ3v) is 6.56. The molecule has 1 saturated heterocycles. The largest absolute Gasteiger partial charge is 0.355 e. The molecule has 0 aliphatic carbocycles. The van der Waals surface area contributed by atoms with Crippen molar-refractivity contribution >= 4 is 49.1 Å². The van der Waals surface area contributed by atoms with E-state index >= 15 is 0 Å². The molecule has 1 N–H and O–H groups in total. The van der Waals surface area contributed by atoms with Crippen molar-refractivity contribution < 1.29 is 4.79 Å². The zero-order chi connectivity index (χ0) is 18.8. The Hall–Kier alpha value is -1.92. The smallest absolute Gasteiger partial charge is 0.225 e. The van der Waals surface area contributed by atoms with Crippen LogP contribution in [0.3, 0.4) is 0 Å². The summed E-state index contributed by atoms with van der Waals surface area (Å²) in [6.45, 7) is 4.38. The van der Waals surface area contributed by atoms with Gasteiger partial charge in [0.25, 0.3) is 0 Å². The summed E-state index contributed by atoms with van der Waals surface area (Å²) in [5.74, 6) is 1.16. The number of anilines is 1. The Kier molecular flexibility index (Phi) is 5.45. The van der Waals surface area contributed by atoms with E-state index in [1.54, 1.807) is 11.3 Å². The average molecular weight is 444 g/mol. The van der Waals surface area contributed by atoms with Crippen LogP contribution in [0.1, 0.15) is 23.3 Å². The topological polar surface area (TPSA) is 45.2 Å². The number of pyridine rings is 1. The van der Waals surface area contributed by atoms with Gasteiger partial charge < -0.3 is 10.2 Å². The van der Waals surface area contributed by atoms with E-state index < -0.39 is 0 Å². The Morgan fingerprint density at radius 2 is 2.15 bits per heavy atom. The van der Waals surface area contributed by atoms with E-state index in [-0.39, 0.29) is 11.8 Å². The Labute approximate surface area is 171 Å². The van der Waals surface area contributed by atoms with Gasteiger partial charge in [-0.3, -0.25) is 4.79 Å². The number of nitrogens with zero attached hydrogens (tertiary/aromatic N) is 2. The first-order chi connectivity index (χ1) is 13.1. The van der Waals surface area contributed by atoms with Gasteiger partial charge >= 0.3 is 0 Å². The highest BCUT2D eigenvalue weighted by Gasteiger charge is 2.27. The first-order valence-electron chi connectivity index (χ1n) is 9.22. The molecule has 0 unspecified atom stereocenters. The number of fused-ring (bicyclic) bond motifs is 1. The van der Waals surface area contributed by atoms with Gasteiger partial charge in [0, 0.05) is 45.3 Å². The maximum absolute atomic E-state index is 12.7. The van der Waals surface area contributed by atoms with Crippen LogP contribution in [0.5, 0.6) is 0 Å². The summed E-state index contributed by atoms with van der Waals surface area (Å²) in [7, 11) is 0. The lowest BCUT2D eigenvalue weighted by molar-refractivity contribution is -0.125. The molecule has 4 nitrogen and oxygen atoms in total. The summed E-state index contributed by atoms with van der Waals surface area (Å²) in [5, 5.41) is 4.31. The van der Waals surface area contributed by atoms with Crippen LogP contribution in [0.25, 0.3) is 10.1 Å². The third-order valence-electron chi connectivity index (χ3n) is 5.02. The van der Waals surface area contributed by atoms with Gasteiger partial charge in [-0.1, -0.05) is 28.1 Å². The number of carbonyl (C=O) groups excluding carboxylic acids is 1. The Morgan fingerprint density at radius 3 is 2.96 bits per heavy atom. The lowest BCUT2D eigenvalue weighted by Gasteiger charge is -2.33. The zero-order valence-corrected chi connectivity index (χ0v) is 17.6. The molecular weight excluding hydrogens is 422 g/mol. The minimum atomic E-state index is 0.00554. The van der Waals surface area contributed by atoms with Crippen LogP contribution < -0.4 is 10.2 Å². The van der Waals surface area contributed by atoms with Crippen LogP contribution in [-0.2, 0) is 11.3 Å². The quantitative estimate of drug-likeness (QED) is 0.623. The van der Waals surface area contributed by atoms with Crippen molar-refractivity contribution in [2.45, 2.75) is 26.3 Å². The first kappa shape index (κ1) is 18.4. The molecule has 2 aromatic heterocycles. The van der Waals surface area contributed by atoms with Crippen LogP contribution >= 0.6 is 27.3 Å². The molecule has 3 aromatic rings. The number of nitrogens with one attached hydrogen (secondary N) is 1. The fourth-order valence-corrected chi connectivity index (χ4v) is 4.82. The van der Waals surface area contributed by atoms with E-state index in [4.69, 9.17) is 0 Å². The molecule has 1 fully saturated rings. The summed E-state index contributed by atoms with van der Waals surface area (Å²) >= 11 is 5.23. The molecule has 1 aromatic carbocycles. The number of hydrogen-bond acceptors (Lipinski definition) is 4. The lowest BCUT2D eigenvalue weighted by Crippen LogP contribution is -2.43. The molecule has 140 valence electrons. The molecule has 0 saturated carbocycles. The second-order valence-corrected chi connectivity index (χ2v) is 9.24. The van der Waals surface area contributed by atoms with E-state index in [1.807, 2.05) is 30.5 Å². The van der Waals surface area contributed by atoms with E-state index in [1.165, 1.54) is 15.0 Å². The molecule has 27 heavy (non-hydrogen) atoms. The Bertz CT molecular complexity index is 954. The Morgan fingerprint density at radius 1 is 1.33 bits per heavy atom. The molecule has 1 amide bonds. The normalized spacial score (nSPS) is 17.3. The molecule has 1 atom stereocenters. The van der Waals surface area contributed by atoms with Gasteiger partial charge in [-0.25, -0.2) is 4.98 Å². The fraction of sp³-hybridized carbons (Fsp3) is 0.333. The number of halogens is 1. The highest BCUT2D eigenvalue weighted by atomic mass is 79.9. The SMILES string of the molecule is Cc1cc2c(N3CCC[C@@H](C(=O)NCc4ccc(Br)cc4)C3)nccc2s1. The molecular formula is C21H22BrN3OS. The summed E-state index contributed by atoms with van der Waals surface area (Å²) in [6.07, 6.45) is 3.82. The van der Waals surface area contributed by atoms with Crippen LogP contribution in [0, 0.1) is 12.8 Å². The standard InChI is InChI=1S/C21H22BrN3OS/c1-14-11-18-19(27-14)8-9-23-20(18)25-10-2-3-16(13-25)21(26)24-12-15-4-6-17(22)7-5-15/h4-9,11,16H,2-3,10,12-13H2,1H3,(H,24,26)/t16-/m1/s1. The van der Waals surface area contributed by atoms with Crippen molar-refractivity contribution in [3.63, 3.8) is 0 Å². The average Bonchev–Trinajstić information content (AvgIpc) is 3.07. The molecule has 3 heterocycles. The van der Waals surface area contributed by atoms with Crippen LogP contribution in [-0.4, -0.2) is 24.0 Å². The maximum Gasteiger partial charge on any atom is 0.225 e.